The molecule has 3 atom stereocenters. The Hall–Kier alpha value is -2.16. The van der Waals surface area contributed by atoms with E-state index in [1.54, 1.807) is 13.8 Å². The van der Waals surface area contributed by atoms with E-state index >= 15 is 0 Å². The highest BCUT2D eigenvalue weighted by molar-refractivity contribution is 5.94. The maximum absolute atomic E-state index is 12.2. The second kappa shape index (κ2) is 8.47. The number of nitrogens with one attached hydrogen (secondary N) is 3. The number of carboxylic acids is 1. The van der Waals surface area contributed by atoms with Crippen molar-refractivity contribution in [3.8, 4) is 0 Å². The first-order valence-electron chi connectivity index (χ1n) is 7.57. The van der Waals surface area contributed by atoms with Crippen LogP contribution in [0.25, 0.3) is 0 Å². The Bertz CT molecular complexity index is 474. The lowest BCUT2D eigenvalue weighted by molar-refractivity contribution is -0.143. The van der Waals surface area contributed by atoms with Crippen molar-refractivity contribution in [2.45, 2.75) is 51.2 Å². The van der Waals surface area contributed by atoms with Gasteiger partial charge >= 0.3 is 5.97 Å². The van der Waals surface area contributed by atoms with Crippen molar-refractivity contribution in [3.05, 3.63) is 0 Å². The molecule has 0 saturated carbocycles. The Kier molecular flexibility index (Phi) is 6.95. The fourth-order valence-corrected chi connectivity index (χ4v) is 2.36. The summed E-state index contributed by atoms with van der Waals surface area (Å²) in [6.07, 6.45) is 1.09. The standard InChI is InChI=1S/C14H24N4O5/c1-7(2)11(14(22)23)18-13(21)9(6-10(15)19)17-12(20)8-4-3-5-16-8/h7-9,11,16H,3-6H2,1-2H3,(H2,15,19)(H,17,20)(H,18,21)(H,22,23). The van der Waals surface area contributed by atoms with Crippen LogP contribution in [0.15, 0.2) is 0 Å². The first kappa shape index (κ1) is 18.9. The van der Waals surface area contributed by atoms with E-state index in [4.69, 9.17) is 10.8 Å². The number of nitrogens with two attached hydrogens (primary N) is 1. The van der Waals surface area contributed by atoms with Gasteiger partial charge in [0.05, 0.1) is 12.5 Å². The van der Waals surface area contributed by atoms with Gasteiger partial charge in [-0.2, -0.15) is 0 Å². The van der Waals surface area contributed by atoms with Crippen LogP contribution in [0, 0.1) is 5.92 Å². The minimum Gasteiger partial charge on any atom is -0.480 e. The van der Waals surface area contributed by atoms with Crippen LogP contribution in [-0.2, 0) is 19.2 Å². The average Bonchev–Trinajstić information content (AvgIpc) is 2.96. The lowest BCUT2D eigenvalue weighted by atomic mass is 10.0. The summed E-state index contributed by atoms with van der Waals surface area (Å²) in [6, 6.07) is -2.72. The summed E-state index contributed by atoms with van der Waals surface area (Å²) in [5.41, 5.74) is 5.11. The van der Waals surface area contributed by atoms with E-state index in [1.165, 1.54) is 0 Å². The van der Waals surface area contributed by atoms with Crippen LogP contribution in [0.5, 0.6) is 0 Å². The molecule has 1 fully saturated rings. The molecular weight excluding hydrogens is 304 g/mol. The maximum Gasteiger partial charge on any atom is 0.326 e. The van der Waals surface area contributed by atoms with Gasteiger partial charge in [-0.15, -0.1) is 0 Å². The number of amides is 3. The molecule has 0 aromatic carbocycles. The fourth-order valence-electron chi connectivity index (χ4n) is 2.36. The Labute approximate surface area is 134 Å². The zero-order valence-corrected chi connectivity index (χ0v) is 13.3. The molecule has 0 aliphatic carbocycles. The van der Waals surface area contributed by atoms with E-state index < -0.39 is 48.2 Å². The van der Waals surface area contributed by atoms with Crippen molar-refractivity contribution in [2.24, 2.45) is 11.7 Å². The Balaban J connectivity index is 2.75. The molecule has 0 bridgehead atoms. The molecule has 6 N–H and O–H groups in total. The molecule has 1 aliphatic heterocycles. The van der Waals surface area contributed by atoms with E-state index in [1.807, 2.05) is 0 Å². The molecule has 1 saturated heterocycles. The van der Waals surface area contributed by atoms with Gasteiger partial charge in [-0.25, -0.2) is 4.79 Å². The summed E-state index contributed by atoms with van der Waals surface area (Å²) >= 11 is 0. The van der Waals surface area contributed by atoms with Crippen molar-refractivity contribution < 1.29 is 24.3 Å². The zero-order chi connectivity index (χ0) is 17.6. The van der Waals surface area contributed by atoms with Gasteiger partial charge < -0.3 is 26.8 Å². The topological polar surface area (TPSA) is 151 Å². The first-order valence-corrected chi connectivity index (χ1v) is 7.57. The van der Waals surface area contributed by atoms with Gasteiger partial charge in [0.15, 0.2) is 0 Å². The molecule has 3 unspecified atom stereocenters. The highest BCUT2D eigenvalue weighted by atomic mass is 16.4. The van der Waals surface area contributed by atoms with Gasteiger partial charge in [0, 0.05) is 0 Å². The molecule has 0 aromatic rings. The normalized spacial score (nSPS) is 19.9. The van der Waals surface area contributed by atoms with Crippen molar-refractivity contribution in [1.82, 2.24) is 16.0 Å². The minimum atomic E-state index is -1.19. The molecule has 1 heterocycles. The zero-order valence-electron chi connectivity index (χ0n) is 13.3. The molecule has 9 nitrogen and oxygen atoms in total. The monoisotopic (exact) mass is 328 g/mol. The number of rotatable bonds is 8. The third kappa shape index (κ3) is 5.85. The Morgan fingerprint density at radius 2 is 1.91 bits per heavy atom. The lowest BCUT2D eigenvalue weighted by Crippen LogP contribution is -2.56. The summed E-state index contributed by atoms with van der Waals surface area (Å²) in [4.78, 5) is 46.6. The van der Waals surface area contributed by atoms with E-state index in [-0.39, 0.29) is 5.92 Å². The second-order valence-electron chi connectivity index (χ2n) is 5.95. The van der Waals surface area contributed by atoms with Crippen LogP contribution in [0.2, 0.25) is 0 Å². The van der Waals surface area contributed by atoms with Gasteiger partial charge in [0.2, 0.25) is 17.7 Å². The lowest BCUT2D eigenvalue weighted by Gasteiger charge is -2.23. The Morgan fingerprint density at radius 1 is 1.26 bits per heavy atom. The second-order valence-corrected chi connectivity index (χ2v) is 5.95. The van der Waals surface area contributed by atoms with Crippen molar-refractivity contribution in [1.29, 1.82) is 0 Å². The first-order chi connectivity index (χ1) is 10.7. The van der Waals surface area contributed by atoms with Crippen molar-refractivity contribution in [3.63, 3.8) is 0 Å². The van der Waals surface area contributed by atoms with Gasteiger partial charge in [-0.05, 0) is 25.3 Å². The third-order valence-electron chi connectivity index (χ3n) is 3.65. The number of carboxylic acid groups (broad SMARTS) is 1. The molecule has 9 heteroatoms. The predicted octanol–water partition coefficient (Wildman–Crippen LogP) is -1.68. The SMILES string of the molecule is CC(C)C(NC(=O)C(CC(N)=O)NC(=O)C1CCCN1)C(=O)O. The van der Waals surface area contributed by atoms with E-state index in [0.29, 0.717) is 13.0 Å². The molecule has 0 aromatic heterocycles. The largest absolute Gasteiger partial charge is 0.480 e. The molecule has 23 heavy (non-hydrogen) atoms. The number of carbonyl (C=O) groups excluding carboxylic acids is 3. The number of aliphatic carboxylic acids is 1. The molecule has 0 radical (unpaired) electrons. The highest BCUT2D eigenvalue weighted by Crippen LogP contribution is 2.07. The number of hydrogen-bond acceptors (Lipinski definition) is 5. The summed E-state index contributed by atoms with van der Waals surface area (Å²) in [7, 11) is 0. The maximum atomic E-state index is 12.2. The molecule has 0 spiro atoms. The van der Waals surface area contributed by atoms with Crippen LogP contribution >= 0.6 is 0 Å². The summed E-state index contributed by atoms with van der Waals surface area (Å²) in [6.45, 7) is 3.99. The quantitative estimate of drug-likeness (QED) is 0.359. The number of hydrogen-bond donors (Lipinski definition) is 5. The Morgan fingerprint density at radius 3 is 2.35 bits per heavy atom. The van der Waals surface area contributed by atoms with Gasteiger partial charge in [0.25, 0.3) is 0 Å². The summed E-state index contributed by atoms with van der Waals surface area (Å²) in [5, 5.41) is 16.9. The van der Waals surface area contributed by atoms with Crippen molar-refractivity contribution in [2.75, 3.05) is 6.54 Å². The number of primary amides is 1. The van der Waals surface area contributed by atoms with Crippen LogP contribution in [0.1, 0.15) is 33.1 Å². The minimum absolute atomic E-state index is 0.349. The van der Waals surface area contributed by atoms with Crippen LogP contribution < -0.4 is 21.7 Å². The molecule has 1 aliphatic rings. The third-order valence-corrected chi connectivity index (χ3v) is 3.65. The average molecular weight is 328 g/mol. The van der Waals surface area contributed by atoms with Gasteiger partial charge in [-0.3, -0.25) is 14.4 Å². The number of carbonyl (C=O) groups is 4. The predicted molar refractivity (Wildman–Crippen MR) is 81.2 cm³/mol. The highest BCUT2D eigenvalue weighted by Gasteiger charge is 2.31. The van der Waals surface area contributed by atoms with Crippen LogP contribution in [-0.4, -0.2) is 53.5 Å². The van der Waals surface area contributed by atoms with E-state index in [2.05, 4.69) is 16.0 Å². The molecule has 3 amide bonds. The summed E-state index contributed by atoms with van der Waals surface area (Å²) < 4.78 is 0. The summed E-state index contributed by atoms with van der Waals surface area (Å²) in [5.74, 6) is -3.44. The van der Waals surface area contributed by atoms with Crippen molar-refractivity contribution >= 4 is 23.7 Å². The van der Waals surface area contributed by atoms with Crippen LogP contribution in [0.4, 0.5) is 0 Å². The van der Waals surface area contributed by atoms with Gasteiger partial charge in [0.1, 0.15) is 12.1 Å². The molecule has 1 rings (SSSR count). The molecular formula is C14H24N4O5. The van der Waals surface area contributed by atoms with Crippen LogP contribution in [0.3, 0.4) is 0 Å². The van der Waals surface area contributed by atoms with Gasteiger partial charge in [-0.1, -0.05) is 13.8 Å². The fraction of sp³-hybridized carbons (Fsp3) is 0.714. The van der Waals surface area contributed by atoms with E-state index in [0.717, 1.165) is 6.42 Å². The van der Waals surface area contributed by atoms with E-state index in [9.17, 15) is 19.2 Å². The smallest absolute Gasteiger partial charge is 0.326 e. The molecule has 130 valence electrons.